The van der Waals surface area contributed by atoms with Crippen molar-refractivity contribution in [2.24, 2.45) is 0 Å². The molecule has 0 saturated carbocycles. The highest BCUT2D eigenvalue weighted by molar-refractivity contribution is 5.71. The van der Waals surface area contributed by atoms with Crippen molar-refractivity contribution in [3.8, 4) is 0 Å². The van der Waals surface area contributed by atoms with E-state index in [9.17, 15) is 14.4 Å². The average Bonchev–Trinajstić information content (AvgIpc) is 3.35. The van der Waals surface area contributed by atoms with Crippen LogP contribution in [0.3, 0.4) is 0 Å². The molecule has 0 rings (SSSR count). The van der Waals surface area contributed by atoms with Crippen LogP contribution >= 0.6 is 0 Å². The van der Waals surface area contributed by atoms with Crippen LogP contribution < -0.4 is 0 Å². The van der Waals surface area contributed by atoms with E-state index in [1.165, 1.54) is 180 Å². The molecule has 0 spiro atoms. The molecule has 6 nitrogen and oxygen atoms in total. The Kier molecular flexibility index (Phi) is 55.3. The van der Waals surface area contributed by atoms with Gasteiger partial charge in [0.05, 0.1) is 0 Å². The Morgan fingerprint density at radius 1 is 0.304 bits per heavy atom. The number of allylic oxidation sites excluding steroid dienone is 10. The van der Waals surface area contributed by atoms with Crippen LogP contribution in [0.5, 0.6) is 0 Å². The molecule has 1 unspecified atom stereocenters. The van der Waals surface area contributed by atoms with Crippen LogP contribution in [0, 0.1) is 0 Å². The molecule has 1 atom stereocenters. The molecule has 0 aliphatic heterocycles. The number of carbonyl (C=O) groups excluding carboxylic acids is 3. The van der Waals surface area contributed by atoms with Crippen LogP contribution in [-0.4, -0.2) is 37.2 Å². The van der Waals surface area contributed by atoms with Crippen molar-refractivity contribution < 1.29 is 28.6 Å². The standard InChI is InChI=1S/C63H112O6/c1-4-7-10-13-16-19-22-25-28-30-32-35-38-41-44-47-50-53-56-62(65)68-59-60(58-67-61(64)55-52-49-46-43-40-37-34-27-24-21-18-15-12-9-6-3)69-63(66)57-54-51-48-45-42-39-36-33-31-29-26-23-20-17-14-11-8-5-2/h9,12,18,21,27-28,30,34,40,43,60H,4-8,10-11,13-17,19-20,22-26,29,31-33,35-39,41-42,44-59H2,1-3H3/b12-9-,21-18-,30-28-,34-27-,43-40-. The van der Waals surface area contributed by atoms with Gasteiger partial charge in [-0.15, -0.1) is 0 Å². The number of carbonyl (C=O) groups is 3. The van der Waals surface area contributed by atoms with E-state index >= 15 is 0 Å². The smallest absolute Gasteiger partial charge is 0.306 e. The van der Waals surface area contributed by atoms with Gasteiger partial charge >= 0.3 is 17.9 Å². The summed E-state index contributed by atoms with van der Waals surface area (Å²) in [6, 6.07) is 0. The van der Waals surface area contributed by atoms with E-state index in [2.05, 4.69) is 81.5 Å². The van der Waals surface area contributed by atoms with E-state index in [0.717, 1.165) is 83.5 Å². The normalized spacial score (nSPS) is 12.4. The summed E-state index contributed by atoms with van der Waals surface area (Å²) in [6.07, 6.45) is 72.2. The zero-order valence-electron chi connectivity index (χ0n) is 45.8. The van der Waals surface area contributed by atoms with E-state index < -0.39 is 6.10 Å². The lowest BCUT2D eigenvalue weighted by atomic mass is 10.0. The number of unbranched alkanes of at least 4 members (excludes halogenated alkanes) is 33. The van der Waals surface area contributed by atoms with Gasteiger partial charge < -0.3 is 14.2 Å². The number of hydrogen-bond donors (Lipinski definition) is 0. The quantitative estimate of drug-likeness (QED) is 0.0262. The van der Waals surface area contributed by atoms with Gasteiger partial charge in [0.1, 0.15) is 13.2 Å². The van der Waals surface area contributed by atoms with Gasteiger partial charge in [-0.05, 0) is 83.5 Å². The molecule has 0 aromatic heterocycles. The first-order chi connectivity index (χ1) is 34.0. The third kappa shape index (κ3) is 55.9. The number of esters is 3. The predicted octanol–water partition coefficient (Wildman–Crippen LogP) is 20.0. The summed E-state index contributed by atoms with van der Waals surface area (Å²) < 4.78 is 16.9. The fourth-order valence-corrected chi connectivity index (χ4v) is 8.55. The Labute approximate surface area is 428 Å². The lowest BCUT2D eigenvalue weighted by Gasteiger charge is -2.18. The van der Waals surface area contributed by atoms with Gasteiger partial charge in [-0.1, -0.05) is 261 Å². The minimum absolute atomic E-state index is 0.0870. The Balaban J connectivity index is 4.40. The van der Waals surface area contributed by atoms with Gasteiger partial charge in [0, 0.05) is 19.3 Å². The molecule has 0 heterocycles. The molecule has 6 heteroatoms. The number of rotatable bonds is 54. The maximum absolute atomic E-state index is 12.9. The topological polar surface area (TPSA) is 78.9 Å². The third-order valence-corrected chi connectivity index (χ3v) is 13.0. The Bertz CT molecular complexity index is 1250. The molecule has 0 aliphatic carbocycles. The van der Waals surface area contributed by atoms with Crippen LogP contribution in [0.15, 0.2) is 60.8 Å². The summed E-state index contributed by atoms with van der Waals surface area (Å²) in [7, 11) is 0. The molecule has 0 amide bonds. The van der Waals surface area contributed by atoms with Gasteiger partial charge in [-0.2, -0.15) is 0 Å². The maximum atomic E-state index is 12.9. The molecule has 69 heavy (non-hydrogen) atoms. The molecule has 0 radical (unpaired) electrons. The number of hydrogen-bond acceptors (Lipinski definition) is 6. The van der Waals surface area contributed by atoms with Crippen molar-refractivity contribution in [3.63, 3.8) is 0 Å². The molecule has 0 bridgehead atoms. The first-order valence-corrected chi connectivity index (χ1v) is 29.8. The van der Waals surface area contributed by atoms with Crippen molar-refractivity contribution in [3.05, 3.63) is 60.8 Å². The van der Waals surface area contributed by atoms with Crippen molar-refractivity contribution in [2.45, 2.75) is 309 Å². The van der Waals surface area contributed by atoms with Gasteiger partial charge in [0.15, 0.2) is 6.10 Å². The van der Waals surface area contributed by atoms with Gasteiger partial charge in [-0.25, -0.2) is 0 Å². The van der Waals surface area contributed by atoms with Crippen molar-refractivity contribution >= 4 is 17.9 Å². The number of ether oxygens (including phenoxy) is 3. The summed E-state index contributed by atoms with van der Waals surface area (Å²) in [5.74, 6) is -0.919. The summed E-state index contributed by atoms with van der Waals surface area (Å²) in [4.78, 5) is 38.2. The molecule has 0 saturated heterocycles. The molecule has 0 aliphatic rings. The second kappa shape index (κ2) is 57.7. The highest BCUT2D eigenvalue weighted by Gasteiger charge is 2.19. The molecule has 0 N–H and O–H groups in total. The monoisotopic (exact) mass is 965 g/mol. The molecule has 0 aromatic rings. The summed E-state index contributed by atoms with van der Waals surface area (Å²) >= 11 is 0. The first kappa shape index (κ1) is 66.1. The molecular weight excluding hydrogens is 853 g/mol. The Morgan fingerprint density at radius 2 is 0.565 bits per heavy atom. The lowest BCUT2D eigenvalue weighted by Crippen LogP contribution is -2.30. The van der Waals surface area contributed by atoms with E-state index in [-0.39, 0.29) is 31.1 Å². The van der Waals surface area contributed by atoms with Gasteiger partial charge in [-0.3, -0.25) is 14.4 Å². The minimum Gasteiger partial charge on any atom is -0.462 e. The van der Waals surface area contributed by atoms with Crippen LogP contribution in [-0.2, 0) is 28.6 Å². The summed E-state index contributed by atoms with van der Waals surface area (Å²) in [6.45, 7) is 6.52. The van der Waals surface area contributed by atoms with Crippen LogP contribution in [0.25, 0.3) is 0 Å². The molecule has 0 aromatic carbocycles. The van der Waals surface area contributed by atoms with Crippen LogP contribution in [0.1, 0.15) is 303 Å². The van der Waals surface area contributed by atoms with Crippen molar-refractivity contribution in [2.75, 3.05) is 13.2 Å². The van der Waals surface area contributed by atoms with E-state index in [0.29, 0.717) is 19.3 Å². The molecule has 400 valence electrons. The van der Waals surface area contributed by atoms with Crippen LogP contribution in [0.4, 0.5) is 0 Å². The van der Waals surface area contributed by atoms with Crippen molar-refractivity contribution in [1.82, 2.24) is 0 Å². The average molecular weight is 966 g/mol. The van der Waals surface area contributed by atoms with E-state index in [1.807, 2.05) is 0 Å². The first-order valence-electron chi connectivity index (χ1n) is 29.8. The highest BCUT2D eigenvalue weighted by atomic mass is 16.6. The minimum atomic E-state index is -0.791. The third-order valence-electron chi connectivity index (χ3n) is 13.0. The lowest BCUT2D eigenvalue weighted by molar-refractivity contribution is -0.167. The molecule has 0 fully saturated rings. The fourth-order valence-electron chi connectivity index (χ4n) is 8.55. The second-order valence-corrected chi connectivity index (χ2v) is 19.9. The summed E-state index contributed by atoms with van der Waals surface area (Å²) in [5.41, 5.74) is 0. The fraction of sp³-hybridized carbons (Fsp3) is 0.794. The zero-order chi connectivity index (χ0) is 50.0. The Hall–Kier alpha value is -2.89. The predicted molar refractivity (Wildman–Crippen MR) is 298 cm³/mol. The van der Waals surface area contributed by atoms with Gasteiger partial charge in [0.2, 0.25) is 0 Å². The SMILES string of the molecule is CC/C=C\C/C=C\C/C=C\C/C=C\CCCCC(=O)OCC(COC(=O)CCCCCCCCC/C=C\CCCCCCCCC)OC(=O)CCCCCCCCCCCCCCCCCCCC. The zero-order valence-corrected chi connectivity index (χ0v) is 45.8. The van der Waals surface area contributed by atoms with Crippen molar-refractivity contribution in [1.29, 1.82) is 0 Å². The van der Waals surface area contributed by atoms with Gasteiger partial charge in [0.25, 0.3) is 0 Å². The second-order valence-electron chi connectivity index (χ2n) is 19.9. The van der Waals surface area contributed by atoms with Crippen LogP contribution in [0.2, 0.25) is 0 Å². The molecular formula is C63H112O6. The maximum Gasteiger partial charge on any atom is 0.306 e. The van der Waals surface area contributed by atoms with E-state index in [4.69, 9.17) is 14.2 Å². The van der Waals surface area contributed by atoms with E-state index in [1.54, 1.807) is 0 Å². The summed E-state index contributed by atoms with van der Waals surface area (Å²) in [5, 5.41) is 0. The Morgan fingerprint density at radius 3 is 0.928 bits per heavy atom. The highest BCUT2D eigenvalue weighted by Crippen LogP contribution is 2.16. The largest absolute Gasteiger partial charge is 0.462 e.